The lowest BCUT2D eigenvalue weighted by molar-refractivity contribution is -0.126. The molecular formula is C15H16N2O3S. The molecule has 5 nitrogen and oxygen atoms in total. The summed E-state index contributed by atoms with van der Waals surface area (Å²) in [5, 5.41) is 6.56. The molecule has 0 fully saturated rings. The highest BCUT2D eigenvalue weighted by Crippen LogP contribution is 2.18. The first-order chi connectivity index (χ1) is 9.75. The molecule has 1 heterocycles. The molecule has 6 heteroatoms. The Morgan fingerprint density at radius 3 is 2.57 bits per heavy atom. The van der Waals surface area contributed by atoms with E-state index in [9.17, 15) is 9.59 Å². The fourth-order valence-corrected chi connectivity index (χ4v) is 1.81. The number of hydrogen-bond donors (Lipinski definition) is 2. The molecule has 0 atom stereocenters. The van der Waals surface area contributed by atoms with Crippen molar-refractivity contribution in [3.05, 3.63) is 40.8 Å². The summed E-state index contributed by atoms with van der Waals surface area (Å²) in [6.45, 7) is 5.43. The van der Waals surface area contributed by atoms with E-state index in [1.54, 1.807) is 24.3 Å². The van der Waals surface area contributed by atoms with Gasteiger partial charge in [-0.3, -0.25) is 4.79 Å². The zero-order valence-corrected chi connectivity index (χ0v) is 12.8. The number of amides is 1. The first kappa shape index (κ1) is 15.2. The summed E-state index contributed by atoms with van der Waals surface area (Å²) in [5.41, 5.74) is 0.294. The highest BCUT2D eigenvalue weighted by molar-refractivity contribution is 7.80. The van der Waals surface area contributed by atoms with Crippen LogP contribution < -0.4 is 16.3 Å². The second-order valence-electron chi connectivity index (χ2n) is 5.67. The molecule has 0 saturated carbocycles. The van der Waals surface area contributed by atoms with Gasteiger partial charge in [-0.2, -0.15) is 0 Å². The molecular weight excluding hydrogens is 288 g/mol. The minimum absolute atomic E-state index is 0.160. The van der Waals surface area contributed by atoms with Crippen LogP contribution >= 0.6 is 12.2 Å². The van der Waals surface area contributed by atoms with Gasteiger partial charge in [-0.05, 0) is 36.5 Å². The Bertz CT molecular complexity index is 759. The van der Waals surface area contributed by atoms with Crippen LogP contribution in [0.25, 0.3) is 11.0 Å². The normalized spacial score (nSPS) is 11.2. The molecule has 0 aliphatic heterocycles. The second kappa shape index (κ2) is 5.65. The molecule has 0 bridgehead atoms. The van der Waals surface area contributed by atoms with E-state index in [1.807, 2.05) is 20.8 Å². The minimum atomic E-state index is -0.515. The molecule has 21 heavy (non-hydrogen) atoms. The molecule has 0 unspecified atom stereocenters. The van der Waals surface area contributed by atoms with Crippen molar-refractivity contribution < 1.29 is 9.21 Å². The predicted molar refractivity (Wildman–Crippen MR) is 86.3 cm³/mol. The Kier molecular flexibility index (Phi) is 4.09. The second-order valence-corrected chi connectivity index (χ2v) is 6.07. The zero-order valence-electron chi connectivity index (χ0n) is 12.0. The van der Waals surface area contributed by atoms with Gasteiger partial charge in [0.15, 0.2) is 5.11 Å². The Morgan fingerprint density at radius 1 is 1.19 bits per heavy atom. The lowest BCUT2D eigenvalue weighted by Crippen LogP contribution is -2.41. The number of benzene rings is 1. The van der Waals surface area contributed by atoms with Gasteiger partial charge in [-0.1, -0.05) is 20.8 Å². The van der Waals surface area contributed by atoms with Gasteiger partial charge in [0.05, 0.1) is 0 Å². The average molecular weight is 304 g/mol. The Balaban J connectivity index is 2.13. The number of thiocarbonyl (C=S) groups is 1. The minimum Gasteiger partial charge on any atom is -0.423 e. The van der Waals surface area contributed by atoms with Crippen molar-refractivity contribution in [2.75, 3.05) is 5.32 Å². The number of carbonyl (C=O) groups is 1. The van der Waals surface area contributed by atoms with E-state index in [0.717, 1.165) is 5.39 Å². The molecule has 2 N–H and O–H groups in total. The summed E-state index contributed by atoms with van der Waals surface area (Å²) < 4.78 is 5.04. The van der Waals surface area contributed by atoms with E-state index in [0.29, 0.717) is 11.3 Å². The van der Waals surface area contributed by atoms with Gasteiger partial charge in [0.25, 0.3) is 0 Å². The fourth-order valence-electron chi connectivity index (χ4n) is 1.60. The van der Waals surface area contributed by atoms with Crippen LogP contribution in [0.1, 0.15) is 20.8 Å². The fraction of sp³-hybridized carbons (Fsp3) is 0.267. The summed E-state index contributed by atoms with van der Waals surface area (Å²) in [6.07, 6.45) is 0. The number of rotatable bonds is 1. The maximum Gasteiger partial charge on any atom is 0.336 e. The van der Waals surface area contributed by atoms with Crippen LogP contribution in [0.4, 0.5) is 5.69 Å². The molecule has 0 spiro atoms. The highest BCUT2D eigenvalue weighted by Gasteiger charge is 2.21. The molecule has 1 amide bonds. The zero-order chi connectivity index (χ0) is 15.6. The van der Waals surface area contributed by atoms with Crippen molar-refractivity contribution in [2.45, 2.75) is 20.8 Å². The van der Waals surface area contributed by atoms with Crippen molar-refractivity contribution >= 4 is 39.9 Å². The largest absolute Gasteiger partial charge is 0.423 e. The van der Waals surface area contributed by atoms with Gasteiger partial charge in [0.1, 0.15) is 5.58 Å². The topological polar surface area (TPSA) is 71.3 Å². The third kappa shape index (κ3) is 3.88. The monoisotopic (exact) mass is 304 g/mol. The molecule has 0 aliphatic rings. The van der Waals surface area contributed by atoms with E-state index in [4.69, 9.17) is 16.6 Å². The first-order valence-corrected chi connectivity index (χ1v) is 6.83. The predicted octanol–water partition coefficient (Wildman–Crippen LogP) is 2.65. The highest BCUT2D eigenvalue weighted by atomic mass is 32.1. The summed E-state index contributed by atoms with van der Waals surface area (Å²) in [7, 11) is 0. The van der Waals surface area contributed by atoms with Gasteiger partial charge in [-0.25, -0.2) is 4.79 Å². The number of anilines is 1. The van der Waals surface area contributed by atoms with Crippen molar-refractivity contribution in [2.24, 2.45) is 5.41 Å². The van der Waals surface area contributed by atoms with Crippen LogP contribution in [0.5, 0.6) is 0 Å². The molecule has 110 valence electrons. The van der Waals surface area contributed by atoms with Gasteiger partial charge >= 0.3 is 5.63 Å². The molecule has 0 aliphatic carbocycles. The third-order valence-electron chi connectivity index (χ3n) is 2.79. The molecule has 0 radical (unpaired) electrons. The van der Waals surface area contributed by atoms with Crippen molar-refractivity contribution in [1.82, 2.24) is 5.32 Å². The molecule has 1 aromatic carbocycles. The molecule has 0 saturated heterocycles. The third-order valence-corrected chi connectivity index (χ3v) is 2.99. The Morgan fingerprint density at radius 2 is 1.90 bits per heavy atom. The van der Waals surface area contributed by atoms with Gasteiger partial charge in [-0.15, -0.1) is 0 Å². The van der Waals surface area contributed by atoms with Gasteiger partial charge < -0.3 is 15.1 Å². The van der Waals surface area contributed by atoms with Crippen LogP contribution in [0.2, 0.25) is 0 Å². The van der Waals surface area contributed by atoms with Crippen LogP contribution in [-0.2, 0) is 4.79 Å². The van der Waals surface area contributed by atoms with E-state index in [1.165, 1.54) is 6.07 Å². The summed E-state index contributed by atoms with van der Waals surface area (Å²) in [6, 6.07) is 8.21. The van der Waals surface area contributed by atoms with E-state index in [-0.39, 0.29) is 11.0 Å². The standard InChI is InChI=1S/C15H16N2O3S/c1-15(2,3)13(19)17-14(21)16-10-5-6-11-9(8-10)4-7-12(18)20-11/h4-8H,1-3H3,(H2,16,17,19,21). The van der Waals surface area contributed by atoms with Crippen LogP contribution in [0.3, 0.4) is 0 Å². The van der Waals surface area contributed by atoms with Crippen molar-refractivity contribution in [1.29, 1.82) is 0 Å². The molecule has 2 aromatic rings. The van der Waals surface area contributed by atoms with E-state index >= 15 is 0 Å². The van der Waals surface area contributed by atoms with Crippen LogP contribution in [0.15, 0.2) is 39.5 Å². The summed E-state index contributed by atoms with van der Waals surface area (Å²) in [5.74, 6) is -0.160. The number of carbonyl (C=O) groups excluding carboxylic acids is 1. The number of fused-ring (bicyclic) bond motifs is 1. The number of nitrogens with one attached hydrogen (secondary N) is 2. The van der Waals surface area contributed by atoms with Gasteiger partial charge in [0, 0.05) is 22.6 Å². The van der Waals surface area contributed by atoms with Crippen LogP contribution in [0, 0.1) is 5.41 Å². The lowest BCUT2D eigenvalue weighted by Gasteiger charge is -2.18. The SMILES string of the molecule is CC(C)(C)C(=O)NC(=S)Nc1ccc2oc(=O)ccc2c1. The summed E-state index contributed by atoms with van der Waals surface area (Å²) in [4.78, 5) is 22.9. The van der Waals surface area contributed by atoms with Gasteiger partial charge in [0.2, 0.25) is 5.91 Å². The maximum atomic E-state index is 11.8. The van der Waals surface area contributed by atoms with Crippen molar-refractivity contribution in [3.8, 4) is 0 Å². The summed E-state index contributed by atoms with van der Waals surface area (Å²) >= 11 is 5.11. The lowest BCUT2D eigenvalue weighted by atomic mass is 9.96. The first-order valence-electron chi connectivity index (χ1n) is 6.42. The van der Waals surface area contributed by atoms with Crippen molar-refractivity contribution in [3.63, 3.8) is 0 Å². The number of hydrogen-bond acceptors (Lipinski definition) is 4. The maximum absolute atomic E-state index is 11.8. The van der Waals surface area contributed by atoms with E-state index in [2.05, 4.69) is 10.6 Å². The molecule has 2 rings (SSSR count). The van der Waals surface area contributed by atoms with E-state index < -0.39 is 11.0 Å². The molecule has 1 aromatic heterocycles. The Labute approximate surface area is 127 Å². The van der Waals surface area contributed by atoms with Crippen LogP contribution in [-0.4, -0.2) is 11.0 Å². The Hall–Kier alpha value is -2.21. The quantitative estimate of drug-likeness (QED) is 0.626. The average Bonchev–Trinajstić information content (AvgIpc) is 2.37. The smallest absolute Gasteiger partial charge is 0.336 e.